The van der Waals surface area contributed by atoms with Crippen molar-refractivity contribution < 1.29 is 0 Å². The number of nitrogens with one attached hydrogen (secondary N) is 2. The smallest absolute Gasteiger partial charge is 0.223 e. The summed E-state index contributed by atoms with van der Waals surface area (Å²) in [6.45, 7) is 1.97. The molecule has 2 rings (SSSR count). The zero-order valence-corrected chi connectivity index (χ0v) is 10.9. The van der Waals surface area contributed by atoms with Crippen LogP contribution in [0.5, 0.6) is 0 Å². The lowest BCUT2D eigenvalue weighted by molar-refractivity contribution is 1.17. The van der Waals surface area contributed by atoms with Crippen molar-refractivity contribution in [3.63, 3.8) is 0 Å². The second kappa shape index (κ2) is 5.10. The number of nitrogen functional groups attached to an aromatic ring is 1. The van der Waals surface area contributed by atoms with E-state index >= 15 is 0 Å². The molecule has 0 amide bonds. The SMILES string of the molecule is CNc1cc(Nc2ccc(Cl)cc2C)nc(N)n1. The minimum Gasteiger partial charge on any atom is -0.373 e. The Morgan fingerprint density at radius 1 is 1.17 bits per heavy atom. The maximum Gasteiger partial charge on any atom is 0.223 e. The minimum atomic E-state index is 0.218. The van der Waals surface area contributed by atoms with E-state index in [2.05, 4.69) is 20.6 Å². The van der Waals surface area contributed by atoms with Gasteiger partial charge in [-0.2, -0.15) is 9.97 Å². The van der Waals surface area contributed by atoms with Gasteiger partial charge in [-0.1, -0.05) is 11.6 Å². The highest BCUT2D eigenvalue weighted by molar-refractivity contribution is 6.30. The molecule has 0 bridgehead atoms. The number of nitrogens with two attached hydrogens (primary N) is 1. The fourth-order valence-electron chi connectivity index (χ4n) is 1.56. The van der Waals surface area contributed by atoms with Gasteiger partial charge in [-0.15, -0.1) is 0 Å². The number of rotatable bonds is 3. The Bertz CT molecular complexity index is 570. The van der Waals surface area contributed by atoms with E-state index in [4.69, 9.17) is 17.3 Å². The average Bonchev–Trinajstić information content (AvgIpc) is 2.32. The molecule has 0 aliphatic heterocycles. The van der Waals surface area contributed by atoms with E-state index in [9.17, 15) is 0 Å². The highest BCUT2D eigenvalue weighted by atomic mass is 35.5. The number of anilines is 4. The van der Waals surface area contributed by atoms with E-state index in [1.165, 1.54) is 0 Å². The van der Waals surface area contributed by atoms with Crippen LogP contribution >= 0.6 is 11.6 Å². The Labute approximate surface area is 110 Å². The van der Waals surface area contributed by atoms with Gasteiger partial charge in [0.2, 0.25) is 5.95 Å². The highest BCUT2D eigenvalue weighted by Gasteiger charge is 2.04. The van der Waals surface area contributed by atoms with Crippen molar-refractivity contribution in [2.75, 3.05) is 23.4 Å². The lowest BCUT2D eigenvalue weighted by Crippen LogP contribution is -2.03. The number of aromatic nitrogens is 2. The number of aryl methyl sites for hydroxylation is 1. The van der Waals surface area contributed by atoms with Crippen molar-refractivity contribution in [3.8, 4) is 0 Å². The second-order valence-electron chi connectivity index (χ2n) is 3.83. The molecular formula is C12H14ClN5. The third-order valence-corrected chi connectivity index (χ3v) is 2.69. The molecule has 0 atom stereocenters. The van der Waals surface area contributed by atoms with E-state index in [1.54, 1.807) is 13.1 Å². The van der Waals surface area contributed by atoms with Gasteiger partial charge in [-0.05, 0) is 30.7 Å². The van der Waals surface area contributed by atoms with Crippen LogP contribution in [0.25, 0.3) is 0 Å². The van der Waals surface area contributed by atoms with Crippen LogP contribution < -0.4 is 16.4 Å². The molecule has 0 aliphatic rings. The number of halogens is 1. The molecule has 2 aromatic rings. The van der Waals surface area contributed by atoms with Gasteiger partial charge in [-0.25, -0.2) is 0 Å². The first-order valence-corrected chi connectivity index (χ1v) is 5.82. The fraction of sp³-hybridized carbons (Fsp3) is 0.167. The molecule has 0 radical (unpaired) electrons. The lowest BCUT2D eigenvalue weighted by atomic mass is 10.2. The normalized spacial score (nSPS) is 10.2. The van der Waals surface area contributed by atoms with Gasteiger partial charge in [0.15, 0.2) is 0 Å². The zero-order chi connectivity index (χ0) is 13.1. The van der Waals surface area contributed by atoms with Gasteiger partial charge in [-0.3, -0.25) is 0 Å². The summed E-state index contributed by atoms with van der Waals surface area (Å²) in [5, 5.41) is 6.82. The summed E-state index contributed by atoms with van der Waals surface area (Å²) in [5.74, 6) is 1.52. The van der Waals surface area contributed by atoms with Gasteiger partial charge in [0.25, 0.3) is 0 Å². The summed E-state index contributed by atoms with van der Waals surface area (Å²) < 4.78 is 0. The van der Waals surface area contributed by atoms with Crippen molar-refractivity contribution in [1.82, 2.24) is 9.97 Å². The van der Waals surface area contributed by atoms with Crippen LogP contribution in [-0.2, 0) is 0 Å². The average molecular weight is 264 g/mol. The van der Waals surface area contributed by atoms with Crippen molar-refractivity contribution in [2.45, 2.75) is 6.92 Å². The van der Waals surface area contributed by atoms with Crippen molar-refractivity contribution in [3.05, 3.63) is 34.9 Å². The number of hydrogen-bond acceptors (Lipinski definition) is 5. The highest BCUT2D eigenvalue weighted by Crippen LogP contribution is 2.23. The molecule has 0 aliphatic carbocycles. The van der Waals surface area contributed by atoms with Gasteiger partial charge < -0.3 is 16.4 Å². The quantitative estimate of drug-likeness (QED) is 0.794. The second-order valence-corrected chi connectivity index (χ2v) is 4.27. The minimum absolute atomic E-state index is 0.218. The molecular weight excluding hydrogens is 250 g/mol. The predicted molar refractivity (Wildman–Crippen MR) is 75.5 cm³/mol. The topological polar surface area (TPSA) is 75.9 Å². The van der Waals surface area contributed by atoms with Gasteiger partial charge in [0.1, 0.15) is 11.6 Å². The number of nitrogens with zero attached hydrogens (tertiary/aromatic N) is 2. The van der Waals surface area contributed by atoms with Crippen LogP contribution in [0.1, 0.15) is 5.56 Å². The molecule has 1 aromatic carbocycles. The number of benzene rings is 1. The van der Waals surface area contributed by atoms with E-state index in [-0.39, 0.29) is 5.95 Å². The molecule has 0 spiro atoms. The van der Waals surface area contributed by atoms with E-state index in [1.807, 2.05) is 25.1 Å². The van der Waals surface area contributed by atoms with Crippen molar-refractivity contribution in [1.29, 1.82) is 0 Å². The first-order valence-electron chi connectivity index (χ1n) is 5.44. The molecule has 1 heterocycles. The number of hydrogen-bond donors (Lipinski definition) is 3. The molecule has 18 heavy (non-hydrogen) atoms. The van der Waals surface area contributed by atoms with E-state index < -0.39 is 0 Å². The zero-order valence-electron chi connectivity index (χ0n) is 10.2. The standard InChI is InChI=1S/C12H14ClN5/c1-7-5-8(13)3-4-9(7)16-11-6-10(15-2)17-12(14)18-11/h3-6H,1-2H3,(H4,14,15,16,17,18). The Kier molecular flexibility index (Phi) is 3.53. The van der Waals surface area contributed by atoms with E-state index in [0.717, 1.165) is 11.3 Å². The summed E-state index contributed by atoms with van der Waals surface area (Å²) in [6.07, 6.45) is 0. The largest absolute Gasteiger partial charge is 0.373 e. The molecule has 94 valence electrons. The van der Waals surface area contributed by atoms with Crippen LogP contribution in [0.15, 0.2) is 24.3 Å². The molecule has 0 saturated carbocycles. The Hall–Kier alpha value is -2.01. The summed E-state index contributed by atoms with van der Waals surface area (Å²) in [7, 11) is 1.78. The molecule has 6 heteroatoms. The molecule has 0 saturated heterocycles. The van der Waals surface area contributed by atoms with Crippen molar-refractivity contribution >= 4 is 34.9 Å². The summed E-state index contributed by atoms with van der Waals surface area (Å²) in [4.78, 5) is 8.15. The third kappa shape index (κ3) is 2.81. The van der Waals surface area contributed by atoms with Crippen LogP contribution in [-0.4, -0.2) is 17.0 Å². The van der Waals surface area contributed by atoms with Crippen LogP contribution in [0.4, 0.5) is 23.3 Å². The third-order valence-electron chi connectivity index (χ3n) is 2.45. The van der Waals surface area contributed by atoms with Crippen LogP contribution in [0, 0.1) is 6.92 Å². The molecule has 5 nitrogen and oxygen atoms in total. The molecule has 0 fully saturated rings. The van der Waals surface area contributed by atoms with Crippen LogP contribution in [0.2, 0.25) is 5.02 Å². The lowest BCUT2D eigenvalue weighted by Gasteiger charge is -2.10. The molecule has 4 N–H and O–H groups in total. The Morgan fingerprint density at radius 2 is 1.89 bits per heavy atom. The van der Waals surface area contributed by atoms with Crippen LogP contribution in [0.3, 0.4) is 0 Å². The maximum absolute atomic E-state index is 5.91. The first-order chi connectivity index (χ1) is 8.58. The Balaban J connectivity index is 2.30. The summed E-state index contributed by atoms with van der Waals surface area (Å²) in [6, 6.07) is 7.38. The summed E-state index contributed by atoms with van der Waals surface area (Å²) >= 11 is 5.91. The Morgan fingerprint density at radius 3 is 2.56 bits per heavy atom. The van der Waals surface area contributed by atoms with E-state index in [0.29, 0.717) is 16.7 Å². The summed E-state index contributed by atoms with van der Waals surface area (Å²) in [5.41, 5.74) is 7.59. The molecule has 1 aromatic heterocycles. The van der Waals surface area contributed by atoms with Gasteiger partial charge in [0.05, 0.1) is 0 Å². The van der Waals surface area contributed by atoms with Crippen molar-refractivity contribution in [2.24, 2.45) is 0 Å². The fourth-order valence-corrected chi connectivity index (χ4v) is 1.79. The monoisotopic (exact) mass is 263 g/mol. The predicted octanol–water partition coefficient (Wildman–Crippen LogP) is 2.81. The van der Waals surface area contributed by atoms with Gasteiger partial charge in [0, 0.05) is 23.8 Å². The maximum atomic E-state index is 5.91. The first kappa shape index (κ1) is 12.4. The van der Waals surface area contributed by atoms with Gasteiger partial charge >= 0.3 is 0 Å². The molecule has 0 unspecified atom stereocenters.